The maximum absolute atomic E-state index is 13.9. The molecule has 0 spiro atoms. The highest BCUT2D eigenvalue weighted by molar-refractivity contribution is 5.86. The van der Waals surface area contributed by atoms with E-state index in [-0.39, 0.29) is 18.4 Å². The van der Waals surface area contributed by atoms with Gasteiger partial charge in [0.2, 0.25) is 5.91 Å². The van der Waals surface area contributed by atoms with Crippen molar-refractivity contribution in [2.45, 2.75) is 70.7 Å². The zero-order chi connectivity index (χ0) is 30.0. The van der Waals surface area contributed by atoms with E-state index in [1.54, 1.807) is 50.8 Å². The van der Waals surface area contributed by atoms with E-state index in [1.807, 2.05) is 12.1 Å². The number of rotatable bonds is 8. The summed E-state index contributed by atoms with van der Waals surface area (Å²) in [6.45, 7) is 7.64. The highest BCUT2D eigenvalue weighted by atomic mass is 16.6. The number of carbonyl (C=O) groups is 2. The monoisotopic (exact) mass is 587 g/mol. The molecule has 226 valence electrons. The number of imidazole rings is 2. The van der Waals surface area contributed by atoms with Crippen LogP contribution in [-0.4, -0.2) is 84.2 Å². The first-order chi connectivity index (χ1) is 20.7. The Kier molecular flexibility index (Phi) is 7.87. The molecule has 0 saturated carbocycles. The number of aromatic nitrogens is 6. The van der Waals surface area contributed by atoms with Crippen LogP contribution in [0, 0.1) is 0 Å². The molecule has 0 unspecified atom stereocenters. The minimum absolute atomic E-state index is 0.135. The number of H-pyrrole nitrogens is 2. The molecule has 0 aliphatic carbocycles. The van der Waals surface area contributed by atoms with Gasteiger partial charge in [-0.1, -0.05) is 12.1 Å². The fourth-order valence-electron chi connectivity index (χ4n) is 5.80. The third-order valence-corrected chi connectivity index (χ3v) is 7.79. The molecule has 2 atom stereocenters. The molecule has 5 heterocycles. The standard InChI is InChI=1S/C30H37N9O4/c1-30(2,3)43-29(41)37-23(12-20-13-31-16-32-20)28(40)38-11-9-19-6-4-8-24(22(19)14-38)42-15-21-7-5-10-39(21)27-25-26(34-17-33-25)35-18-36-27/h4,6,8,13,16-18,21,23H,5,7,9-12,14-15H2,1-3H3,(H,31,32)(H,37,41)(H,33,34,35,36)/t21-,23-/m1/s1. The summed E-state index contributed by atoms with van der Waals surface area (Å²) in [4.78, 5) is 53.9. The SMILES string of the molecule is CC(C)(C)OC(=O)N[C@H](Cc1cnc[nH]1)C(=O)N1CCc2cccc(OC[C@H]3CCCN3c3ncnc4nc[nH]c34)c2C1. The van der Waals surface area contributed by atoms with Gasteiger partial charge in [0.1, 0.15) is 35.8 Å². The molecule has 1 aromatic carbocycles. The first-order valence-electron chi connectivity index (χ1n) is 14.6. The molecule has 2 aliphatic rings. The molecule has 4 aromatic rings. The van der Waals surface area contributed by atoms with Crippen molar-refractivity contribution in [3.8, 4) is 5.75 Å². The maximum atomic E-state index is 13.9. The average molecular weight is 588 g/mol. The van der Waals surface area contributed by atoms with Crippen LogP contribution in [-0.2, 0) is 28.9 Å². The molecule has 0 bridgehead atoms. The van der Waals surface area contributed by atoms with Crippen LogP contribution in [0.1, 0.15) is 50.4 Å². The minimum atomic E-state index is -0.816. The van der Waals surface area contributed by atoms with Gasteiger partial charge in [-0.2, -0.15) is 0 Å². The smallest absolute Gasteiger partial charge is 0.408 e. The summed E-state index contributed by atoms with van der Waals surface area (Å²) >= 11 is 0. The number of carbonyl (C=O) groups excluding carboxylic acids is 2. The van der Waals surface area contributed by atoms with Crippen LogP contribution < -0.4 is 15.0 Å². The molecule has 3 N–H and O–H groups in total. The van der Waals surface area contributed by atoms with Gasteiger partial charge in [-0.25, -0.2) is 24.7 Å². The predicted octanol–water partition coefficient (Wildman–Crippen LogP) is 3.14. The summed E-state index contributed by atoms with van der Waals surface area (Å²) in [5, 5.41) is 2.79. The lowest BCUT2D eigenvalue weighted by atomic mass is 9.97. The summed E-state index contributed by atoms with van der Waals surface area (Å²) in [6.07, 6.45) is 8.72. The van der Waals surface area contributed by atoms with Gasteiger partial charge < -0.3 is 34.6 Å². The van der Waals surface area contributed by atoms with Crippen molar-refractivity contribution in [1.29, 1.82) is 0 Å². The second-order valence-corrected chi connectivity index (χ2v) is 12.0. The molecule has 43 heavy (non-hydrogen) atoms. The zero-order valence-corrected chi connectivity index (χ0v) is 24.7. The van der Waals surface area contributed by atoms with Crippen LogP contribution in [0.3, 0.4) is 0 Å². The second-order valence-electron chi connectivity index (χ2n) is 12.0. The summed E-state index contributed by atoms with van der Waals surface area (Å²) < 4.78 is 11.9. The van der Waals surface area contributed by atoms with Crippen LogP contribution in [0.5, 0.6) is 5.75 Å². The van der Waals surface area contributed by atoms with Gasteiger partial charge >= 0.3 is 6.09 Å². The van der Waals surface area contributed by atoms with Gasteiger partial charge in [0.25, 0.3) is 0 Å². The molecule has 6 rings (SSSR count). The molecule has 3 aromatic heterocycles. The fourth-order valence-corrected chi connectivity index (χ4v) is 5.80. The molecule has 13 nitrogen and oxygen atoms in total. The number of aromatic amines is 2. The number of hydrogen-bond acceptors (Lipinski definition) is 9. The van der Waals surface area contributed by atoms with Gasteiger partial charge in [0.05, 0.1) is 18.7 Å². The number of fused-ring (bicyclic) bond motifs is 2. The lowest BCUT2D eigenvalue weighted by Crippen LogP contribution is -2.51. The minimum Gasteiger partial charge on any atom is -0.491 e. The highest BCUT2D eigenvalue weighted by Crippen LogP contribution is 2.32. The second kappa shape index (κ2) is 11.9. The van der Waals surface area contributed by atoms with Crippen molar-refractivity contribution in [3.05, 3.63) is 60.2 Å². The van der Waals surface area contributed by atoms with Gasteiger partial charge in [0.15, 0.2) is 11.5 Å². The van der Waals surface area contributed by atoms with Crippen molar-refractivity contribution < 1.29 is 19.1 Å². The van der Waals surface area contributed by atoms with E-state index in [1.165, 1.54) is 0 Å². The molecule has 2 amide bonds. The Morgan fingerprint density at radius 2 is 2.02 bits per heavy atom. The van der Waals surface area contributed by atoms with Crippen LogP contribution >= 0.6 is 0 Å². The number of alkyl carbamates (subject to hydrolysis) is 1. The molecule has 1 fully saturated rings. The fraction of sp³-hybridized carbons (Fsp3) is 0.467. The van der Waals surface area contributed by atoms with Gasteiger partial charge in [0, 0.05) is 43.5 Å². The Hall–Kier alpha value is -4.68. The Labute approximate surface area is 249 Å². The highest BCUT2D eigenvalue weighted by Gasteiger charge is 2.33. The number of anilines is 1. The molecule has 2 aliphatic heterocycles. The van der Waals surface area contributed by atoms with Gasteiger partial charge in [-0.3, -0.25) is 4.79 Å². The van der Waals surface area contributed by atoms with E-state index < -0.39 is 17.7 Å². The maximum Gasteiger partial charge on any atom is 0.408 e. The van der Waals surface area contributed by atoms with Crippen LogP contribution in [0.15, 0.2) is 43.4 Å². The van der Waals surface area contributed by atoms with E-state index in [4.69, 9.17) is 9.47 Å². The molecule has 0 radical (unpaired) electrons. The number of benzene rings is 1. The topological polar surface area (TPSA) is 154 Å². The van der Waals surface area contributed by atoms with Crippen molar-refractivity contribution in [1.82, 2.24) is 40.1 Å². The Balaban J connectivity index is 1.16. The Bertz CT molecular complexity index is 1580. The van der Waals surface area contributed by atoms with Crippen molar-refractivity contribution in [2.24, 2.45) is 0 Å². The van der Waals surface area contributed by atoms with Crippen LogP contribution in [0.25, 0.3) is 11.2 Å². The number of nitrogens with zero attached hydrogens (tertiary/aromatic N) is 6. The Morgan fingerprint density at radius 3 is 2.84 bits per heavy atom. The van der Waals surface area contributed by atoms with E-state index in [9.17, 15) is 9.59 Å². The molecular weight excluding hydrogens is 550 g/mol. The number of nitrogens with one attached hydrogen (secondary N) is 3. The van der Waals surface area contributed by atoms with Gasteiger partial charge in [-0.15, -0.1) is 0 Å². The van der Waals surface area contributed by atoms with Crippen molar-refractivity contribution in [2.75, 3.05) is 24.6 Å². The van der Waals surface area contributed by atoms with E-state index >= 15 is 0 Å². The van der Waals surface area contributed by atoms with E-state index in [0.29, 0.717) is 31.8 Å². The number of ether oxygens (including phenoxy) is 2. The summed E-state index contributed by atoms with van der Waals surface area (Å²) in [5.41, 5.74) is 3.67. The lowest BCUT2D eigenvalue weighted by molar-refractivity contribution is -0.134. The van der Waals surface area contributed by atoms with Crippen LogP contribution in [0.4, 0.5) is 10.6 Å². The summed E-state index contributed by atoms with van der Waals surface area (Å²) in [7, 11) is 0. The summed E-state index contributed by atoms with van der Waals surface area (Å²) in [5.74, 6) is 1.41. The lowest BCUT2D eigenvalue weighted by Gasteiger charge is -2.33. The normalized spacial score (nSPS) is 17.5. The molecule has 1 saturated heterocycles. The summed E-state index contributed by atoms with van der Waals surface area (Å²) in [6, 6.07) is 5.37. The van der Waals surface area contributed by atoms with E-state index in [0.717, 1.165) is 53.3 Å². The third-order valence-electron chi connectivity index (χ3n) is 7.79. The molecule has 13 heteroatoms. The quantitative estimate of drug-likeness (QED) is 0.282. The predicted molar refractivity (Wildman–Crippen MR) is 159 cm³/mol. The third kappa shape index (κ3) is 6.40. The van der Waals surface area contributed by atoms with Crippen LogP contribution in [0.2, 0.25) is 0 Å². The number of hydrogen-bond donors (Lipinski definition) is 3. The number of amides is 2. The van der Waals surface area contributed by atoms with Crippen molar-refractivity contribution in [3.63, 3.8) is 0 Å². The first kappa shape index (κ1) is 28.4. The van der Waals surface area contributed by atoms with Gasteiger partial charge in [-0.05, 0) is 51.7 Å². The average Bonchev–Trinajstić information content (AvgIpc) is 3.76. The van der Waals surface area contributed by atoms with E-state index in [2.05, 4.69) is 46.2 Å². The molecular formula is C30H37N9O4. The zero-order valence-electron chi connectivity index (χ0n) is 24.7. The largest absolute Gasteiger partial charge is 0.491 e. The first-order valence-corrected chi connectivity index (χ1v) is 14.6. The Morgan fingerprint density at radius 1 is 1.14 bits per heavy atom. The van der Waals surface area contributed by atoms with Crippen molar-refractivity contribution >= 4 is 29.0 Å².